The molecule has 1 N–H and O–H groups in total. The van der Waals surface area contributed by atoms with Crippen LogP contribution in [0.3, 0.4) is 0 Å². The van der Waals surface area contributed by atoms with Gasteiger partial charge in [-0.1, -0.05) is 12.1 Å². The average Bonchev–Trinajstić information content (AvgIpc) is 2.89. The Morgan fingerprint density at radius 3 is 3.10 bits per heavy atom. The molecule has 3 rings (SSSR count). The van der Waals surface area contributed by atoms with Crippen LogP contribution in [0.5, 0.6) is 0 Å². The molecule has 0 aliphatic carbocycles. The Hall–Kier alpha value is -1.46. The van der Waals surface area contributed by atoms with E-state index in [1.165, 1.54) is 4.70 Å². The summed E-state index contributed by atoms with van der Waals surface area (Å²) in [6.07, 6.45) is 2.08. The van der Waals surface area contributed by atoms with E-state index in [1.54, 1.807) is 11.3 Å². The molecule has 1 aromatic heterocycles. The van der Waals surface area contributed by atoms with Crippen molar-refractivity contribution in [2.75, 3.05) is 20.1 Å². The van der Waals surface area contributed by atoms with Crippen molar-refractivity contribution >= 4 is 27.5 Å². The summed E-state index contributed by atoms with van der Waals surface area (Å²) in [7, 11) is 1.88. The lowest BCUT2D eigenvalue weighted by atomic mass is 9.98. The summed E-state index contributed by atoms with van der Waals surface area (Å²) in [4.78, 5) is 18.8. The number of fused-ring (bicyclic) bond motifs is 1. The van der Waals surface area contributed by atoms with Crippen molar-refractivity contribution in [3.8, 4) is 0 Å². The topological polar surface area (TPSA) is 45.2 Å². The number of hydrogen-bond donors (Lipinski definition) is 1. The summed E-state index contributed by atoms with van der Waals surface area (Å²) in [5.74, 6) is 0.361. The van der Waals surface area contributed by atoms with E-state index in [-0.39, 0.29) is 11.8 Å². The Labute approximate surface area is 122 Å². The molecule has 2 aromatic rings. The average molecular weight is 289 g/mol. The first-order valence-corrected chi connectivity index (χ1v) is 7.86. The number of nitrogens with one attached hydrogen (secondary N) is 1. The zero-order valence-electron chi connectivity index (χ0n) is 11.6. The van der Waals surface area contributed by atoms with E-state index in [2.05, 4.69) is 16.4 Å². The molecule has 4 nitrogen and oxygen atoms in total. The lowest BCUT2D eigenvalue weighted by Gasteiger charge is -2.26. The van der Waals surface area contributed by atoms with Crippen molar-refractivity contribution in [2.24, 2.45) is 5.92 Å². The third-order valence-corrected chi connectivity index (χ3v) is 4.75. The van der Waals surface area contributed by atoms with Crippen LogP contribution >= 0.6 is 11.3 Å². The molecule has 20 heavy (non-hydrogen) atoms. The number of hydrogen-bond acceptors (Lipinski definition) is 4. The van der Waals surface area contributed by atoms with E-state index in [9.17, 15) is 4.79 Å². The van der Waals surface area contributed by atoms with Crippen LogP contribution < -0.4 is 5.32 Å². The molecule has 2 heterocycles. The molecule has 0 saturated carbocycles. The number of piperidine rings is 1. The molecular formula is C15H19N3OS. The van der Waals surface area contributed by atoms with Gasteiger partial charge >= 0.3 is 0 Å². The summed E-state index contributed by atoms with van der Waals surface area (Å²) in [5.41, 5.74) is 1.02. The van der Waals surface area contributed by atoms with E-state index in [1.807, 2.05) is 30.1 Å². The van der Waals surface area contributed by atoms with Gasteiger partial charge in [-0.3, -0.25) is 4.79 Å². The highest BCUT2D eigenvalue weighted by atomic mass is 32.1. The normalized spacial score (nSPS) is 19.1. The summed E-state index contributed by atoms with van der Waals surface area (Å²) >= 11 is 1.67. The number of benzene rings is 1. The van der Waals surface area contributed by atoms with Gasteiger partial charge in [-0.15, -0.1) is 11.3 Å². The fourth-order valence-corrected chi connectivity index (χ4v) is 3.66. The Balaban J connectivity index is 1.68. The van der Waals surface area contributed by atoms with E-state index >= 15 is 0 Å². The minimum absolute atomic E-state index is 0.128. The van der Waals surface area contributed by atoms with Crippen molar-refractivity contribution in [3.63, 3.8) is 0 Å². The van der Waals surface area contributed by atoms with E-state index < -0.39 is 0 Å². The molecule has 106 valence electrons. The second-order valence-corrected chi connectivity index (χ2v) is 6.43. The number of para-hydroxylation sites is 1. The highest BCUT2D eigenvalue weighted by molar-refractivity contribution is 7.18. The molecule has 1 aliphatic rings. The first-order valence-electron chi connectivity index (χ1n) is 7.04. The van der Waals surface area contributed by atoms with E-state index in [0.717, 1.165) is 36.5 Å². The second-order valence-electron chi connectivity index (χ2n) is 5.31. The van der Waals surface area contributed by atoms with Crippen LogP contribution in [-0.2, 0) is 11.3 Å². The quantitative estimate of drug-likeness (QED) is 0.942. The van der Waals surface area contributed by atoms with Crippen LogP contribution in [0.4, 0.5) is 0 Å². The van der Waals surface area contributed by atoms with E-state index in [4.69, 9.17) is 0 Å². The third kappa shape index (κ3) is 2.83. The predicted molar refractivity (Wildman–Crippen MR) is 81.7 cm³/mol. The van der Waals surface area contributed by atoms with Crippen LogP contribution in [-0.4, -0.2) is 35.9 Å². The molecular weight excluding hydrogens is 270 g/mol. The molecule has 0 spiro atoms. The number of carbonyl (C=O) groups is 1. The first kappa shape index (κ1) is 13.5. The first-order chi connectivity index (χ1) is 9.74. The Bertz CT molecular complexity index is 571. The standard InChI is InChI=1S/C15H19N3OS/c1-18(15(19)11-5-4-8-16-9-11)10-14-17-12-6-2-3-7-13(12)20-14/h2-3,6-7,11,16H,4-5,8-10H2,1H3. The monoisotopic (exact) mass is 289 g/mol. The van der Waals surface area contributed by atoms with Crippen molar-refractivity contribution < 1.29 is 4.79 Å². The lowest BCUT2D eigenvalue weighted by Crippen LogP contribution is -2.41. The lowest BCUT2D eigenvalue weighted by molar-refractivity contribution is -0.135. The number of amides is 1. The largest absolute Gasteiger partial charge is 0.339 e. The van der Waals surface area contributed by atoms with Gasteiger partial charge in [0.05, 0.1) is 22.7 Å². The number of thiazole rings is 1. The molecule has 1 atom stereocenters. The van der Waals surface area contributed by atoms with Gasteiger partial charge in [-0.05, 0) is 31.5 Å². The Morgan fingerprint density at radius 2 is 2.35 bits per heavy atom. The summed E-state index contributed by atoms with van der Waals surface area (Å²) in [6, 6.07) is 8.10. The molecule has 0 radical (unpaired) electrons. The SMILES string of the molecule is CN(Cc1nc2ccccc2s1)C(=O)C1CCCNC1. The number of carbonyl (C=O) groups excluding carboxylic acids is 1. The van der Waals surface area contributed by atoms with Crippen LogP contribution in [0, 0.1) is 5.92 Å². The molecule has 5 heteroatoms. The molecule has 1 fully saturated rings. The maximum atomic E-state index is 12.4. The van der Waals surface area contributed by atoms with Crippen molar-refractivity contribution in [1.82, 2.24) is 15.2 Å². The van der Waals surface area contributed by atoms with Crippen LogP contribution in [0.15, 0.2) is 24.3 Å². The van der Waals surface area contributed by atoms with Gasteiger partial charge in [-0.2, -0.15) is 0 Å². The third-order valence-electron chi connectivity index (χ3n) is 3.73. The van der Waals surface area contributed by atoms with Crippen molar-refractivity contribution in [3.05, 3.63) is 29.3 Å². The number of rotatable bonds is 3. The van der Waals surface area contributed by atoms with Gasteiger partial charge in [0.2, 0.25) is 5.91 Å². The molecule has 1 saturated heterocycles. The maximum absolute atomic E-state index is 12.4. The highest BCUT2D eigenvalue weighted by Crippen LogP contribution is 2.23. The predicted octanol–water partition coefficient (Wildman–Crippen LogP) is 2.25. The minimum Gasteiger partial charge on any atom is -0.339 e. The Morgan fingerprint density at radius 1 is 1.50 bits per heavy atom. The fraction of sp³-hybridized carbons (Fsp3) is 0.467. The summed E-state index contributed by atoms with van der Waals surface area (Å²) < 4.78 is 1.18. The van der Waals surface area contributed by atoms with Gasteiger partial charge in [0.1, 0.15) is 5.01 Å². The molecule has 1 aromatic carbocycles. The summed E-state index contributed by atoms with van der Waals surface area (Å²) in [5, 5.41) is 4.30. The zero-order chi connectivity index (χ0) is 13.9. The van der Waals surface area contributed by atoms with Gasteiger partial charge in [-0.25, -0.2) is 4.98 Å². The highest BCUT2D eigenvalue weighted by Gasteiger charge is 2.24. The van der Waals surface area contributed by atoms with Crippen LogP contribution in [0.1, 0.15) is 17.8 Å². The number of nitrogens with zero attached hydrogens (tertiary/aromatic N) is 2. The fourth-order valence-electron chi connectivity index (χ4n) is 2.64. The zero-order valence-corrected chi connectivity index (χ0v) is 12.4. The van der Waals surface area contributed by atoms with Crippen molar-refractivity contribution in [1.29, 1.82) is 0 Å². The van der Waals surface area contributed by atoms with Crippen LogP contribution in [0.2, 0.25) is 0 Å². The van der Waals surface area contributed by atoms with Gasteiger partial charge in [0.25, 0.3) is 0 Å². The van der Waals surface area contributed by atoms with Gasteiger partial charge in [0.15, 0.2) is 0 Å². The molecule has 1 unspecified atom stereocenters. The molecule has 0 bridgehead atoms. The maximum Gasteiger partial charge on any atom is 0.227 e. The number of aromatic nitrogens is 1. The van der Waals surface area contributed by atoms with Crippen molar-refractivity contribution in [2.45, 2.75) is 19.4 Å². The van der Waals surface area contributed by atoms with Gasteiger partial charge < -0.3 is 10.2 Å². The molecule has 1 aliphatic heterocycles. The smallest absolute Gasteiger partial charge is 0.227 e. The second kappa shape index (κ2) is 5.89. The minimum atomic E-state index is 0.128. The molecule has 1 amide bonds. The van der Waals surface area contributed by atoms with E-state index in [0.29, 0.717) is 6.54 Å². The van der Waals surface area contributed by atoms with Crippen LogP contribution in [0.25, 0.3) is 10.2 Å². The summed E-state index contributed by atoms with van der Waals surface area (Å²) in [6.45, 7) is 2.45. The van der Waals surface area contributed by atoms with Gasteiger partial charge in [0, 0.05) is 13.6 Å². The Kier molecular flexibility index (Phi) is 3.98.